The van der Waals surface area contributed by atoms with Crippen molar-refractivity contribution >= 4 is 50.7 Å². The van der Waals surface area contributed by atoms with Crippen LogP contribution in [0.4, 0.5) is 5.69 Å². The summed E-state index contributed by atoms with van der Waals surface area (Å²) < 4.78 is 29.3. The zero-order valence-corrected chi connectivity index (χ0v) is 28.0. The van der Waals surface area contributed by atoms with Gasteiger partial charge in [-0.2, -0.15) is 0 Å². The second-order valence-corrected chi connectivity index (χ2v) is 14.1. The minimum absolute atomic E-state index is 0.000573. The molecule has 0 aliphatic heterocycles. The highest BCUT2D eigenvalue weighted by Gasteiger charge is 2.35. The maximum absolute atomic E-state index is 14.5. The normalized spacial score (nSPS) is 12.1. The Bertz CT molecular complexity index is 1730. The number of aryl methyl sites for hydroxylation is 2. The van der Waals surface area contributed by atoms with Crippen molar-refractivity contribution in [3.05, 3.63) is 129 Å². The molecule has 0 heterocycles. The maximum Gasteiger partial charge on any atom is 0.264 e. The zero-order chi connectivity index (χ0) is 32.7. The highest BCUT2D eigenvalue weighted by Crippen LogP contribution is 2.30. The second-order valence-electron chi connectivity index (χ2n) is 11.3. The van der Waals surface area contributed by atoms with Gasteiger partial charge in [0.05, 0.1) is 10.6 Å². The van der Waals surface area contributed by atoms with Gasteiger partial charge in [0.15, 0.2) is 0 Å². The van der Waals surface area contributed by atoms with Crippen LogP contribution >= 0.6 is 23.2 Å². The standard InChI is InChI=1S/C35H37Cl2N3O4S/c1-24(2)38-35(42)33(18-27-10-6-5-7-11-27)39(22-28-12-8-9-26(4)17-28)34(41)23-40(31-20-29(36)19-30(37)21-31)45(43,44)32-15-13-25(3)14-16-32/h5-17,19-21,24,33H,18,22-23H2,1-4H3,(H,38,42). The first-order valence-corrected chi connectivity index (χ1v) is 16.8. The lowest BCUT2D eigenvalue weighted by Gasteiger charge is -2.34. The molecule has 0 fully saturated rings. The second kappa shape index (κ2) is 15.0. The summed E-state index contributed by atoms with van der Waals surface area (Å²) in [6.07, 6.45) is 0.227. The van der Waals surface area contributed by atoms with E-state index in [1.54, 1.807) is 12.1 Å². The Balaban J connectivity index is 1.83. The summed E-state index contributed by atoms with van der Waals surface area (Å²) in [4.78, 5) is 29.8. The van der Waals surface area contributed by atoms with E-state index in [0.29, 0.717) is 0 Å². The summed E-state index contributed by atoms with van der Waals surface area (Å²) in [5, 5.41) is 3.38. The molecule has 4 rings (SSSR count). The summed E-state index contributed by atoms with van der Waals surface area (Å²) in [6.45, 7) is 6.98. The van der Waals surface area contributed by atoms with Crippen molar-refractivity contribution in [1.82, 2.24) is 10.2 Å². The molecule has 0 aliphatic carbocycles. The van der Waals surface area contributed by atoms with E-state index in [-0.39, 0.29) is 45.5 Å². The number of carbonyl (C=O) groups excluding carboxylic acids is 2. The van der Waals surface area contributed by atoms with Crippen LogP contribution in [0.2, 0.25) is 10.0 Å². The number of nitrogens with zero attached hydrogens (tertiary/aromatic N) is 2. The van der Waals surface area contributed by atoms with Crippen LogP contribution in [0, 0.1) is 13.8 Å². The number of benzene rings is 4. The number of carbonyl (C=O) groups is 2. The van der Waals surface area contributed by atoms with Crippen molar-refractivity contribution < 1.29 is 18.0 Å². The molecule has 45 heavy (non-hydrogen) atoms. The highest BCUT2D eigenvalue weighted by molar-refractivity contribution is 7.92. The van der Waals surface area contributed by atoms with Crippen molar-refractivity contribution in [3.8, 4) is 0 Å². The monoisotopic (exact) mass is 665 g/mol. The Morgan fingerprint density at radius 2 is 1.40 bits per heavy atom. The van der Waals surface area contributed by atoms with E-state index in [9.17, 15) is 18.0 Å². The fourth-order valence-electron chi connectivity index (χ4n) is 4.99. The highest BCUT2D eigenvalue weighted by atomic mass is 35.5. The summed E-state index contributed by atoms with van der Waals surface area (Å²) in [5.41, 5.74) is 3.66. The molecule has 0 aliphatic rings. The quantitative estimate of drug-likeness (QED) is 0.177. The molecule has 4 aromatic rings. The Kier molecular flexibility index (Phi) is 11.3. The smallest absolute Gasteiger partial charge is 0.264 e. The van der Waals surface area contributed by atoms with E-state index in [4.69, 9.17) is 23.2 Å². The van der Waals surface area contributed by atoms with E-state index in [1.165, 1.54) is 35.2 Å². The molecule has 1 atom stereocenters. The van der Waals surface area contributed by atoms with Crippen LogP contribution < -0.4 is 9.62 Å². The van der Waals surface area contributed by atoms with Crippen molar-refractivity contribution in [3.63, 3.8) is 0 Å². The van der Waals surface area contributed by atoms with Crippen LogP contribution in [0.5, 0.6) is 0 Å². The lowest BCUT2D eigenvalue weighted by molar-refractivity contribution is -0.140. The van der Waals surface area contributed by atoms with Gasteiger partial charge in [-0.05, 0) is 69.2 Å². The summed E-state index contributed by atoms with van der Waals surface area (Å²) >= 11 is 12.6. The van der Waals surface area contributed by atoms with Crippen LogP contribution in [0.3, 0.4) is 0 Å². The van der Waals surface area contributed by atoms with Gasteiger partial charge in [0.25, 0.3) is 10.0 Å². The number of halogens is 2. The van der Waals surface area contributed by atoms with Crippen molar-refractivity contribution in [2.24, 2.45) is 0 Å². The first-order chi connectivity index (χ1) is 21.3. The largest absolute Gasteiger partial charge is 0.352 e. The molecule has 1 unspecified atom stereocenters. The van der Waals surface area contributed by atoms with Gasteiger partial charge in [-0.1, -0.05) is 101 Å². The molecule has 2 amide bonds. The molecule has 4 aromatic carbocycles. The van der Waals surface area contributed by atoms with Gasteiger partial charge in [0.1, 0.15) is 12.6 Å². The van der Waals surface area contributed by atoms with Crippen LogP contribution in [0.1, 0.15) is 36.1 Å². The molecule has 7 nitrogen and oxygen atoms in total. The predicted molar refractivity (Wildman–Crippen MR) is 181 cm³/mol. The molecule has 0 spiro atoms. The van der Waals surface area contributed by atoms with Crippen molar-refractivity contribution in [1.29, 1.82) is 0 Å². The average molecular weight is 667 g/mol. The Labute approximate surface area is 275 Å². The summed E-state index contributed by atoms with van der Waals surface area (Å²) in [6, 6.07) is 26.7. The number of hydrogen-bond acceptors (Lipinski definition) is 4. The molecule has 10 heteroatoms. The number of hydrogen-bond donors (Lipinski definition) is 1. The molecular formula is C35H37Cl2N3O4S. The maximum atomic E-state index is 14.5. The van der Waals surface area contributed by atoms with Crippen LogP contribution in [0.25, 0.3) is 0 Å². The summed E-state index contributed by atoms with van der Waals surface area (Å²) in [5.74, 6) is -0.906. The minimum Gasteiger partial charge on any atom is -0.352 e. The average Bonchev–Trinajstić information content (AvgIpc) is 2.97. The lowest BCUT2D eigenvalue weighted by atomic mass is 10.0. The summed E-state index contributed by atoms with van der Waals surface area (Å²) in [7, 11) is -4.27. The first kappa shape index (κ1) is 34.0. The van der Waals surface area contributed by atoms with E-state index in [0.717, 1.165) is 26.6 Å². The number of anilines is 1. The van der Waals surface area contributed by atoms with Gasteiger partial charge in [-0.3, -0.25) is 13.9 Å². The van der Waals surface area contributed by atoms with Gasteiger partial charge in [-0.25, -0.2) is 8.42 Å². The fourth-order valence-corrected chi connectivity index (χ4v) is 6.90. The van der Waals surface area contributed by atoms with E-state index in [2.05, 4.69) is 5.32 Å². The third-order valence-corrected chi connectivity index (χ3v) is 9.39. The van der Waals surface area contributed by atoms with E-state index < -0.39 is 28.5 Å². The Morgan fingerprint density at radius 3 is 2.00 bits per heavy atom. The van der Waals surface area contributed by atoms with Crippen LogP contribution in [0.15, 0.2) is 102 Å². The molecule has 1 N–H and O–H groups in total. The van der Waals surface area contributed by atoms with Crippen molar-refractivity contribution in [2.45, 2.75) is 57.6 Å². The number of rotatable bonds is 12. The molecular weight excluding hydrogens is 629 g/mol. The van der Waals surface area contributed by atoms with Crippen LogP contribution in [-0.2, 0) is 32.6 Å². The fraction of sp³-hybridized carbons (Fsp3) is 0.257. The first-order valence-electron chi connectivity index (χ1n) is 14.6. The Hall–Kier alpha value is -3.85. The zero-order valence-electron chi connectivity index (χ0n) is 25.7. The molecule has 0 aromatic heterocycles. The lowest BCUT2D eigenvalue weighted by Crippen LogP contribution is -2.54. The molecule has 0 radical (unpaired) electrons. The van der Waals surface area contributed by atoms with Crippen LogP contribution in [-0.4, -0.2) is 43.8 Å². The molecule has 236 valence electrons. The molecule has 0 saturated carbocycles. The number of sulfonamides is 1. The van der Waals surface area contributed by atoms with Gasteiger partial charge < -0.3 is 10.2 Å². The third kappa shape index (κ3) is 9.10. The molecule has 0 bridgehead atoms. The minimum atomic E-state index is -4.27. The third-order valence-electron chi connectivity index (χ3n) is 7.16. The van der Waals surface area contributed by atoms with Crippen molar-refractivity contribution in [2.75, 3.05) is 10.8 Å². The Morgan fingerprint density at radius 1 is 0.778 bits per heavy atom. The SMILES string of the molecule is Cc1ccc(S(=O)(=O)N(CC(=O)N(Cc2cccc(C)c2)C(Cc2ccccc2)C(=O)NC(C)C)c2cc(Cl)cc(Cl)c2)cc1. The molecule has 0 saturated heterocycles. The number of amides is 2. The predicted octanol–water partition coefficient (Wildman–Crippen LogP) is 6.97. The van der Waals surface area contributed by atoms with Gasteiger partial charge in [-0.15, -0.1) is 0 Å². The van der Waals surface area contributed by atoms with Gasteiger partial charge in [0.2, 0.25) is 11.8 Å². The van der Waals surface area contributed by atoms with Gasteiger partial charge >= 0.3 is 0 Å². The van der Waals surface area contributed by atoms with Gasteiger partial charge in [0, 0.05) is 29.1 Å². The van der Waals surface area contributed by atoms with E-state index >= 15 is 0 Å². The number of nitrogens with one attached hydrogen (secondary N) is 1. The topological polar surface area (TPSA) is 86.8 Å². The van der Waals surface area contributed by atoms with E-state index in [1.807, 2.05) is 82.3 Å².